The maximum atomic E-state index is 11.8. The molecule has 0 aliphatic heterocycles. The van der Waals surface area contributed by atoms with Crippen molar-refractivity contribution >= 4 is 33.3 Å². The number of para-hydroxylation sites is 1. The SMILES string of the molecule is C=CCn1c2ccccc2c2ccn3cc(C(=O)OC)cc3c21. The molecule has 0 unspecified atom stereocenters. The second-order valence-corrected chi connectivity index (χ2v) is 5.51. The van der Waals surface area contributed by atoms with Crippen LogP contribution in [0.4, 0.5) is 0 Å². The van der Waals surface area contributed by atoms with Crippen LogP contribution in [-0.2, 0) is 11.3 Å². The predicted molar refractivity (Wildman–Crippen MR) is 91.9 cm³/mol. The van der Waals surface area contributed by atoms with E-state index in [1.54, 1.807) is 6.20 Å². The molecule has 0 amide bonds. The van der Waals surface area contributed by atoms with Crippen LogP contribution in [-0.4, -0.2) is 22.0 Å². The first-order valence-corrected chi connectivity index (χ1v) is 7.45. The van der Waals surface area contributed by atoms with E-state index in [4.69, 9.17) is 4.74 Å². The quantitative estimate of drug-likeness (QED) is 0.423. The van der Waals surface area contributed by atoms with E-state index in [1.165, 1.54) is 17.9 Å². The van der Waals surface area contributed by atoms with Crippen LogP contribution in [0.3, 0.4) is 0 Å². The molecule has 0 atom stereocenters. The number of carbonyl (C=O) groups excluding carboxylic acids is 1. The number of nitrogens with zero attached hydrogens (tertiary/aromatic N) is 2. The molecule has 3 aromatic heterocycles. The Morgan fingerprint density at radius 3 is 2.83 bits per heavy atom. The lowest BCUT2D eigenvalue weighted by atomic mass is 10.2. The number of hydrogen-bond donors (Lipinski definition) is 0. The van der Waals surface area contributed by atoms with Crippen molar-refractivity contribution in [2.75, 3.05) is 7.11 Å². The van der Waals surface area contributed by atoms with Crippen molar-refractivity contribution in [3.05, 3.63) is 67.0 Å². The first-order valence-electron chi connectivity index (χ1n) is 7.45. The van der Waals surface area contributed by atoms with Gasteiger partial charge in [0.2, 0.25) is 0 Å². The lowest BCUT2D eigenvalue weighted by Crippen LogP contribution is -1.98. The van der Waals surface area contributed by atoms with Crippen molar-refractivity contribution in [3.63, 3.8) is 0 Å². The number of hydrogen-bond acceptors (Lipinski definition) is 2. The topological polar surface area (TPSA) is 35.6 Å². The van der Waals surface area contributed by atoms with Gasteiger partial charge in [-0.2, -0.15) is 0 Å². The molecule has 4 rings (SSSR count). The number of aromatic nitrogens is 2. The van der Waals surface area contributed by atoms with Gasteiger partial charge in [0, 0.05) is 35.2 Å². The standard InChI is InChI=1S/C19H16N2O2/c1-3-9-21-16-7-5-4-6-14(16)15-8-10-20-12-13(19(22)23-2)11-17(20)18(15)21/h3-8,10-12H,1,9H2,2H3. The van der Waals surface area contributed by atoms with Crippen molar-refractivity contribution < 1.29 is 9.53 Å². The molecule has 0 saturated heterocycles. The van der Waals surface area contributed by atoms with E-state index in [-0.39, 0.29) is 5.97 Å². The first kappa shape index (κ1) is 13.6. The lowest BCUT2D eigenvalue weighted by molar-refractivity contribution is 0.0601. The fraction of sp³-hybridized carbons (Fsp3) is 0.105. The van der Waals surface area contributed by atoms with Crippen LogP contribution >= 0.6 is 0 Å². The maximum Gasteiger partial charge on any atom is 0.339 e. The number of carbonyl (C=O) groups is 1. The van der Waals surface area contributed by atoms with Gasteiger partial charge in [0.1, 0.15) is 0 Å². The highest BCUT2D eigenvalue weighted by Gasteiger charge is 2.15. The fourth-order valence-electron chi connectivity index (χ4n) is 3.27. The van der Waals surface area contributed by atoms with Crippen molar-refractivity contribution in [3.8, 4) is 0 Å². The second kappa shape index (κ2) is 5.02. The molecule has 23 heavy (non-hydrogen) atoms. The van der Waals surface area contributed by atoms with Crippen LogP contribution in [0.15, 0.2) is 61.4 Å². The molecule has 0 saturated carbocycles. The third kappa shape index (κ3) is 1.88. The average Bonchev–Trinajstić information content (AvgIpc) is 3.14. The zero-order chi connectivity index (χ0) is 16.0. The fourth-order valence-corrected chi connectivity index (χ4v) is 3.27. The summed E-state index contributed by atoms with van der Waals surface area (Å²) in [5.41, 5.74) is 3.80. The van der Waals surface area contributed by atoms with E-state index in [0.29, 0.717) is 12.1 Å². The van der Waals surface area contributed by atoms with Gasteiger partial charge in [-0.15, -0.1) is 6.58 Å². The molecule has 4 nitrogen and oxygen atoms in total. The van der Waals surface area contributed by atoms with Crippen molar-refractivity contribution in [1.82, 2.24) is 8.97 Å². The van der Waals surface area contributed by atoms with E-state index in [1.807, 2.05) is 34.9 Å². The van der Waals surface area contributed by atoms with E-state index in [9.17, 15) is 4.79 Å². The minimum atomic E-state index is -0.326. The lowest BCUT2D eigenvalue weighted by Gasteiger charge is -2.05. The third-order valence-corrected chi connectivity index (χ3v) is 4.24. The molecule has 0 spiro atoms. The van der Waals surface area contributed by atoms with E-state index in [2.05, 4.69) is 29.3 Å². The summed E-state index contributed by atoms with van der Waals surface area (Å²) in [7, 11) is 1.40. The van der Waals surface area contributed by atoms with Crippen LogP contribution in [0.2, 0.25) is 0 Å². The molecule has 3 heterocycles. The van der Waals surface area contributed by atoms with Gasteiger partial charge in [0.25, 0.3) is 0 Å². The van der Waals surface area contributed by atoms with Gasteiger partial charge < -0.3 is 13.7 Å². The number of allylic oxidation sites excluding steroid dienone is 1. The van der Waals surface area contributed by atoms with Gasteiger partial charge in [0.15, 0.2) is 0 Å². The molecular weight excluding hydrogens is 288 g/mol. The maximum absolute atomic E-state index is 11.8. The van der Waals surface area contributed by atoms with Crippen molar-refractivity contribution in [1.29, 1.82) is 0 Å². The Hall–Kier alpha value is -3.01. The Labute approximate surface area is 133 Å². The normalized spacial score (nSPS) is 11.3. The Morgan fingerprint density at radius 1 is 1.22 bits per heavy atom. The minimum absolute atomic E-state index is 0.326. The molecule has 4 heteroatoms. The van der Waals surface area contributed by atoms with Crippen LogP contribution in [0.5, 0.6) is 0 Å². The third-order valence-electron chi connectivity index (χ3n) is 4.24. The number of rotatable bonds is 3. The van der Waals surface area contributed by atoms with Gasteiger partial charge in [-0.1, -0.05) is 24.3 Å². The number of benzene rings is 1. The summed E-state index contributed by atoms with van der Waals surface area (Å²) in [6.45, 7) is 4.58. The molecule has 0 bridgehead atoms. The predicted octanol–water partition coefficient (Wildman–Crippen LogP) is 4.02. The van der Waals surface area contributed by atoms with Crippen molar-refractivity contribution in [2.24, 2.45) is 0 Å². The Kier molecular flexibility index (Phi) is 2.98. The summed E-state index contributed by atoms with van der Waals surface area (Å²) in [6, 6.07) is 12.3. The van der Waals surface area contributed by atoms with Gasteiger partial charge in [-0.3, -0.25) is 0 Å². The molecule has 114 valence electrons. The zero-order valence-corrected chi connectivity index (χ0v) is 12.8. The second-order valence-electron chi connectivity index (χ2n) is 5.51. The number of fused-ring (bicyclic) bond motifs is 5. The summed E-state index contributed by atoms with van der Waals surface area (Å²) >= 11 is 0. The van der Waals surface area contributed by atoms with Gasteiger partial charge in [-0.05, 0) is 18.2 Å². The molecule has 0 aliphatic carbocycles. The molecule has 1 aromatic carbocycles. The molecule has 0 aliphatic rings. The minimum Gasteiger partial charge on any atom is -0.465 e. The van der Waals surface area contributed by atoms with E-state index in [0.717, 1.165) is 16.6 Å². The summed E-state index contributed by atoms with van der Waals surface area (Å²) < 4.78 is 9.03. The molecule has 0 N–H and O–H groups in total. The first-order chi connectivity index (χ1) is 11.2. The van der Waals surface area contributed by atoms with Gasteiger partial charge in [0.05, 0.1) is 23.7 Å². The Bertz CT molecular complexity index is 1070. The van der Waals surface area contributed by atoms with E-state index >= 15 is 0 Å². The molecule has 4 aromatic rings. The largest absolute Gasteiger partial charge is 0.465 e. The molecular formula is C19H16N2O2. The smallest absolute Gasteiger partial charge is 0.339 e. The highest BCUT2D eigenvalue weighted by atomic mass is 16.5. The van der Waals surface area contributed by atoms with Crippen LogP contribution in [0, 0.1) is 0 Å². The summed E-state index contributed by atoms with van der Waals surface area (Å²) in [5.74, 6) is -0.326. The number of esters is 1. The number of ether oxygens (including phenoxy) is 1. The Balaban J connectivity index is 2.17. The van der Waals surface area contributed by atoms with Gasteiger partial charge >= 0.3 is 5.97 Å². The Morgan fingerprint density at radius 2 is 2.04 bits per heavy atom. The van der Waals surface area contributed by atoms with E-state index < -0.39 is 0 Å². The van der Waals surface area contributed by atoms with Crippen LogP contribution in [0.25, 0.3) is 27.3 Å². The summed E-state index contributed by atoms with van der Waals surface area (Å²) in [6.07, 6.45) is 5.67. The summed E-state index contributed by atoms with van der Waals surface area (Å²) in [5, 5.41) is 2.37. The average molecular weight is 304 g/mol. The molecule has 0 radical (unpaired) electrons. The van der Waals surface area contributed by atoms with Crippen LogP contribution < -0.4 is 0 Å². The van der Waals surface area contributed by atoms with Gasteiger partial charge in [-0.25, -0.2) is 4.79 Å². The van der Waals surface area contributed by atoms with Crippen molar-refractivity contribution in [2.45, 2.75) is 6.54 Å². The number of methoxy groups -OCH3 is 1. The molecule has 0 fully saturated rings. The number of pyridine rings is 1. The highest BCUT2D eigenvalue weighted by Crippen LogP contribution is 2.32. The zero-order valence-electron chi connectivity index (χ0n) is 12.8. The monoisotopic (exact) mass is 304 g/mol. The van der Waals surface area contributed by atoms with Crippen LogP contribution in [0.1, 0.15) is 10.4 Å². The summed E-state index contributed by atoms with van der Waals surface area (Å²) in [4.78, 5) is 11.8. The highest BCUT2D eigenvalue weighted by molar-refractivity contribution is 6.13.